The van der Waals surface area contributed by atoms with Crippen molar-refractivity contribution in [1.82, 2.24) is 20.2 Å². The van der Waals surface area contributed by atoms with Crippen molar-refractivity contribution >= 4 is 6.03 Å². The predicted octanol–water partition coefficient (Wildman–Crippen LogP) is 2.48. The summed E-state index contributed by atoms with van der Waals surface area (Å²) in [5.41, 5.74) is 3.18. The summed E-state index contributed by atoms with van der Waals surface area (Å²) in [5, 5.41) is 2.97. The molecule has 21 heavy (non-hydrogen) atoms. The maximum atomic E-state index is 12.4. The van der Waals surface area contributed by atoms with Crippen molar-refractivity contribution in [1.29, 1.82) is 0 Å². The van der Waals surface area contributed by atoms with Crippen LogP contribution in [-0.4, -0.2) is 34.0 Å². The highest BCUT2D eigenvalue weighted by Gasteiger charge is 2.33. The molecule has 1 aromatic carbocycles. The van der Waals surface area contributed by atoms with Crippen LogP contribution in [0.25, 0.3) is 0 Å². The van der Waals surface area contributed by atoms with Crippen LogP contribution in [0.4, 0.5) is 4.79 Å². The summed E-state index contributed by atoms with van der Waals surface area (Å²) in [4.78, 5) is 22.0. The van der Waals surface area contributed by atoms with Crippen LogP contribution in [-0.2, 0) is 6.42 Å². The van der Waals surface area contributed by atoms with E-state index in [0.29, 0.717) is 13.1 Å². The normalized spacial score (nSPS) is 17.4. The van der Waals surface area contributed by atoms with Crippen LogP contribution in [0.5, 0.6) is 0 Å². The van der Waals surface area contributed by atoms with Crippen LogP contribution >= 0.6 is 0 Å². The van der Waals surface area contributed by atoms with E-state index in [1.165, 1.54) is 0 Å². The van der Waals surface area contributed by atoms with Crippen molar-refractivity contribution in [2.45, 2.75) is 25.8 Å². The fourth-order valence-electron chi connectivity index (χ4n) is 2.80. The number of nitrogens with one attached hydrogen (secondary N) is 2. The van der Waals surface area contributed by atoms with Gasteiger partial charge in [-0.1, -0.05) is 37.3 Å². The van der Waals surface area contributed by atoms with Gasteiger partial charge in [0, 0.05) is 25.2 Å². The number of fused-ring (bicyclic) bond motifs is 1. The lowest BCUT2D eigenvalue weighted by Crippen LogP contribution is -2.46. The number of aromatic amines is 1. The molecule has 2 amide bonds. The molecule has 2 heterocycles. The average molecular weight is 284 g/mol. The minimum absolute atomic E-state index is 0.0145. The lowest BCUT2D eigenvalue weighted by molar-refractivity contribution is 0.179. The van der Waals surface area contributed by atoms with E-state index in [0.717, 1.165) is 29.8 Å². The van der Waals surface area contributed by atoms with E-state index in [9.17, 15) is 4.79 Å². The Hall–Kier alpha value is -2.30. The standard InChI is InChI=1S/C16H20N4O/c1-2-9-17-16(21)20-10-8-13-14(19-11-18-13)15(20)12-6-4-3-5-7-12/h3-7,11,15H,2,8-10H2,1H3,(H,17,21)(H,18,19). The van der Waals surface area contributed by atoms with Crippen LogP contribution in [0.3, 0.4) is 0 Å². The number of H-pyrrole nitrogens is 1. The number of benzene rings is 1. The first kappa shape index (κ1) is 13.7. The summed E-state index contributed by atoms with van der Waals surface area (Å²) in [5.74, 6) is 0. The van der Waals surface area contributed by atoms with Gasteiger partial charge in [-0.3, -0.25) is 0 Å². The Bertz CT molecular complexity index is 608. The molecule has 1 atom stereocenters. The second-order valence-corrected chi connectivity index (χ2v) is 5.25. The number of carbonyl (C=O) groups is 1. The van der Waals surface area contributed by atoms with Gasteiger partial charge in [-0.25, -0.2) is 9.78 Å². The molecule has 1 aliphatic rings. The summed E-state index contributed by atoms with van der Waals surface area (Å²) in [6, 6.07) is 9.96. The maximum Gasteiger partial charge on any atom is 0.318 e. The molecule has 1 aromatic heterocycles. The number of hydrogen-bond acceptors (Lipinski definition) is 2. The van der Waals surface area contributed by atoms with Gasteiger partial charge in [-0.2, -0.15) is 0 Å². The third kappa shape index (κ3) is 2.63. The molecular weight excluding hydrogens is 264 g/mol. The van der Waals surface area contributed by atoms with Gasteiger partial charge in [0.15, 0.2) is 0 Å². The lowest BCUT2D eigenvalue weighted by atomic mass is 9.96. The number of imidazole rings is 1. The van der Waals surface area contributed by atoms with Crippen molar-refractivity contribution in [3.8, 4) is 0 Å². The Morgan fingerprint density at radius 1 is 1.43 bits per heavy atom. The molecule has 0 spiro atoms. The molecular formula is C16H20N4O. The quantitative estimate of drug-likeness (QED) is 0.909. The van der Waals surface area contributed by atoms with Crippen molar-refractivity contribution in [3.63, 3.8) is 0 Å². The molecule has 2 aromatic rings. The molecule has 1 unspecified atom stereocenters. The zero-order valence-corrected chi connectivity index (χ0v) is 12.2. The SMILES string of the molecule is CCCNC(=O)N1CCc2[nH]cnc2C1c1ccccc1. The number of urea groups is 1. The third-order valence-corrected chi connectivity index (χ3v) is 3.83. The van der Waals surface area contributed by atoms with E-state index in [1.54, 1.807) is 6.33 Å². The van der Waals surface area contributed by atoms with E-state index in [-0.39, 0.29) is 12.1 Å². The first-order chi connectivity index (χ1) is 10.3. The van der Waals surface area contributed by atoms with Crippen LogP contribution in [0.15, 0.2) is 36.7 Å². The van der Waals surface area contributed by atoms with Crippen molar-refractivity contribution in [2.24, 2.45) is 0 Å². The van der Waals surface area contributed by atoms with Crippen molar-refractivity contribution in [2.75, 3.05) is 13.1 Å². The van der Waals surface area contributed by atoms with E-state index >= 15 is 0 Å². The smallest absolute Gasteiger partial charge is 0.318 e. The largest absolute Gasteiger partial charge is 0.348 e. The van der Waals surface area contributed by atoms with Crippen LogP contribution in [0, 0.1) is 0 Å². The van der Waals surface area contributed by atoms with Crippen LogP contribution in [0.1, 0.15) is 36.3 Å². The molecule has 0 fully saturated rings. The van der Waals surface area contributed by atoms with Gasteiger partial charge in [0.05, 0.1) is 12.0 Å². The highest BCUT2D eigenvalue weighted by molar-refractivity contribution is 5.75. The minimum atomic E-state index is -0.113. The van der Waals surface area contributed by atoms with Gasteiger partial charge in [-0.05, 0) is 12.0 Å². The molecule has 1 aliphatic heterocycles. The molecule has 5 nitrogen and oxygen atoms in total. The summed E-state index contributed by atoms with van der Waals surface area (Å²) in [7, 11) is 0. The van der Waals surface area contributed by atoms with Gasteiger partial charge >= 0.3 is 6.03 Å². The maximum absolute atomic E-state index is 12.4. The fraction of sp³-hybridized carbons (Fsp3) is 0.375. The van der Waals surface area contributed by atoms with Gasteiger partial charge in [0.1, 0.15) is 6.04 Å². The number of rotatable bonds is 3. The van der Waals surface area contributed by atoms with Crippen molar-refractivity contribution in [3.05, 3.63) is 53.6 Å². The number of aromatic nitrogens is 2. The summed E-state index contributed by atoms with van der Waals surface area (Å²) < 4.78 is 0. The number of amides is 2. The molecule has 5 heteroatoms. The first-order valence-corrected chi connectivity index (χ1v) is 7.42. The van der Waals surface area contributed by atoms with E-state index in [2.05, 4.69) is 34.3 Å². The second kappa shape index (κ2) is 5.99. The molecule has 0 saturated heterocycles. The highest BCUT2D eigenvalue weighted by atomic mass is 16.2. The van der Waals surface area contributed by atoms with Crippen LogP contribution in [0.2, 0.25) is 0 Å². The molecule has 0 saturated carbocycles. The van der Waals surface area contributed by atoms with Gasteiger partial charge in [0.2, 0.25) is 0 Å². The minimum Gasteiger partial charge on any atom is -0.348 e. The number of hydrogen-bond donors (Lipinski definition) is 2. The second-order valence-electron chi connectivity index (χ2n) is 5.25. The summed E-state index contributed by atoms with van der Waals surface area (Å²) in [6.07, 6.45) is 3.47. The highest BCUT2D eigenvalue weighted by Crippen LogP contribution is 2.33. The Morgan fingerprint density at radius 2 is 2.24 bits per heavy atom. The van der Waals surface area contributed by atoms with E-state index < -0.39 is 0 Å². The molecule has 3 rings (SSSR count). The van der Waals surface area contributed by atoms with Crippen LogP contribution < -0.4 is 5.32 Å². The molecule has 0 bridgehead atoms. The zero-order valence-electron chi connectivity index (χ0n) is 12.2. The van der Waals surface area contributed by atoms with Gasteiger partial charge in [0.25, 0.3) is 0 Å². The van der Waals surface area contributed by atoms with Gasteiger partial charge < -0.3 is 15.2 Å². The lowest BCUT2D eigenvalue weighted by Gasteiger charge is -2.35. The Kier molecular flexibility index (Phi) is 3.90. The van der Waals surface area contributed by atoms with E-state index in [1.807, 2.05) is 23.1 Å². The Balaban J connectivity index is 1.95. The summed E-state index contributed by atoms with van der Waals surface area (Å²) in [6.45, 7) is 3.45. The zero-order chi connectivity index (χ0) is 14.7. The molecule has 2 N–H and O–H groups in total. The number of carbonyl (C=O) groups excluding carboxylic acids is 1. The molecule has 0 aliphatic carbocycles. The molecule has 110 valence electrons. The average Bonchev–Trinajstić information content (AvgIpc) is 3.01. The fourth-order valence-corrected chi connectivity index (χ4v) is 2.80. The Labute approximate surface area is 124 Å². The predicted molar refractivity (Wildman–Crippen MR) is 81.0 cm³/mol. The monoisotopic (exact) mass is 284 g/mol. The Morgan fingerprint density at radius 3 is 3.00 bits per heavy atom. The van der Waals surface area contributed by atoms with Crippen molar-refractivity contribution < 1.29 is 4.79 Å². The number of nitrogens with zero attached hydrogens (tertiary/aromatic N) is 2. The van der Waals surface area contributed by atoms with Gasteiger partial charge in [-0.15, -0.1) is 0 Å². The first-order valence-electron chi connectivity index (χ1n) is 7.42. The topological polar surface area (TPSA) is 61.0 Å². The molecule has 0 radical (unpaired) electrons. The summed E-state index contributed by atoms with van der Waals surface area (Å²) >= 11 is 0. The van der Waals surface area contributed by atoms with E-state index in [4.69, 9.17) is 0 Å². The third-order valence-electron chi connectivity index (χ3n) is 3.83.